The van der Waals surface area contributed by atoms with Gasteiger partial charge in [-0.3, -0.25) is 9.59 Å². The number of esters is 1. The Balaban J connectivity index is 2.60. The summed E-state index contributed by atoms with van der Waals surface area (Å²) in [5.41, 5.74) is 0. The number of aliphatic carboxylic acids is 1. The molecule has 7 nitrogen and oxygen atoms in total. The van der Waals surface area contributed by atoms with Crippen molar-refractivity contribution in [2.45, 2.75) is 38.3 Å². The molecule has 0 spiro atoms. The maximum Gasteiger partial charge on any atom is 0.326 e. The van der Waals surface area contributed by atoms with Crippen molar-refractivity contribution in [1.29, 1.82) is 0 Å². The molecule has 1 saturated heterocycles. The standard InChI is InChI=1S/C12H20N2O5/c1-7-4-3-5-13-10(7)11(16)14-8(12(17)18)6-9(15)19-2/h7-8,10,13H,3-6H2,1-2H3,(H,14,16)(H,17,18)/t7?,8-,10?/m0/s1. The van der Waals surface area contributed by atoms with Crippen LogP contribution in [0.15, 0.2) is 0 Å². The van der Waals surface area contributed by atoms with Crippen molar-refractivity contribution in [2.24, 2.45) is 5.92 Å². The Kier molecular flexibility index (Phi) is 5.75. The van der Waals surface area contributed by atoms with E-state index in [9.17, 15) is 14.4 Å². The van der Waals surface area contributed by atoms with Gasteiger partial charge < -0.3 is 20.5 Å². The minimum atomic E-state index is -1.25. The number of rotatable bonds is 5. The van der Waals surface area contributed by atoms with E-state index in [1.807, 2.05) is 6.92 Å². The van der Waals surface area contributed by atoms with Crippen molar-refractivity contribution in [2.75, 3.05) is 13.7 Å². The molecule has 1 fully saturated rings. The molecule has 1 rings (SSSR count). The Bertz CT molecular complexity index is 358. The number of hydrogen-bond donors (Lipinski definition) is 3. The molecule has 1 aliphatic heterocycles. The van der Waals surface area contributed by atoms with Crippen molar-refractivity contribution < 1.29 is 24.2 Å². The van der Waals surface area contributed by atoms with E-state index < -0.39 is 24.0 Å². The largest absolute Gasteiger partial charge is 0.480 e. The lowest BCUT2D eigenvalue weighted by Crippen LogP contribution is -2.54. The summed E-state index contributed by atoms with van der Waals surface area (Å²) >= 11 is 0. The molecule has 0 bridgehead atoms. The number of carbonyl (C=O) groups is 3. The molecular formula is C12H20N2O5. The summed E-state index contributed by atoms with van der Waals surface area (Å²) in [7, 11) is 1.17. The molecule has 108 valence electrons. The van der Waals surface area contributed by atoms with E-state index in [-0.39, 0.29) is 18.2 Å². The number of carboxylic acids is 1. The number of piperidine rings is 1. The summed E-state index contributed by atoms with van der Waals surface area (Å²) in [5, 5.41) is 14.4. The van der Waals surface area contributed by atoms with Crippen LogP contribution in [0.4, 0.5) is 0 Å². The Hall–Kier alpha value is -1.63. The van der Waals surface area contributed by atoms with Crippen LogP contribution in [0.2, 0.25) is 0 Å². The summed E-state index contributed by atoms with van der Waals surface area (Å²) in [5.74, 6) is -2.16. The van der Waals surface area contributed by atoms with Crippen LogP contribution in [-0.4, -0.2) is 48.7 Å². The van der Waals surface area contributed by atoms with E-state index in [1.54, 1.807) is 0 Å². The number of carboxylic acid groups (broad SMARTS) is 1. The first-order chi connectivity index (χ1) is 8.95. The van der Waals surface area contributed by atoms with Gasteiger partial charge in [-0.2, -0.15) is 0 Å². The van der Waals surface area contributed by atoms with E-state index in [4.69, 9.17) is 5.11 Å². The molecule has 1 heterocycles. The van der Waals surface area contributed by atoms with Gasteiger partial charge in [0.25, 0.3) is 0 Å². The van der Waals surface area contributed by atoms with Gasteiger partial charge in [0, 0.05) is 0 Å². The molecule has 1 amide bonds. The fourth-order valence-corrected chi connectivity index (χ4v) is 2.11. The van der Waals surface area contributed by atoms with Crippen molar-refractivity contribution in [1.82, 2.24) is 10.6 Å². The van der Waals surface area contributed by atoms with Gasteiger partial charge in [0.15, 0.2) is 0 Å². The van der Waals surface area contributed by atoms with Crippen LogP contribution in [0.1, 0.15) is 26.2 Å². The molecule has 3 N–H and O–H groups in total. The molecule has 0 aliphatic carbocycles. The lowest BCUT2D eigenvalue weighted by molar-refractivity contribution is -0.149. The summed E-state index contributed by atoms with van der Waals surface area (Å²) in [6.45, 7) is 2.67. The molecule has 1 aliphatic rings. The third-order valence-corrected chi connectivity index (χ3v) is 3.27. The molecule has 7 heteroatoms. The number of nitrogens with one attached hydrogen (secondary N) is 2. The zero-order valence-corrected chi connectivity index (χ0v) is 11.1. The van der Waals surface area contributed by atoms with E-state index in [1.165, 1.54) is 7.11 Å². The maximum atomic E-state index is 12.0. The smallest absolute Gasteiger partial charge is 0.326 e. The number of amides is 1. The van der Waals surface area contributed by atoms with E-state index in [2.05, 4.69) is 15.4 Å². The number of methoxy groups -OCH3 is 1. The van der Waals surface area contributed by atoms with Crippen LogP contribution >= 0.6 is 0 Å². The Morgan fingerprint density at radius 2 is 2.16 bits per heavy atom. The third kappa shape index (κ3) is 4.51. The fraction of sp³-hybridized carbons (Fsp3) is 0.750. The van der Waals surface area contributed by atoms with E-state index >= 15 is 0 Å². The van der Waals surface area contributed by atoms with E-state index in [0.29, 0.717) is 0 Å². The molecule has 0 saturated carbocycles. The van der Waals surface area contributed by atoms with Gasteiger partial charge >= 0.3 is 11.9 Å². The molecule has 2 unspecified atom stereocenters. The second-order valence-electron chi connectivity index (χ2n) is 4.73. The van der Waals surface area contributed by atoms with Crippen LogP contribution < -0.4 is 10.6 Å². The highest BCUT2D eigenvalue weighted by atomic mass is 16.5. The second-order valence-corrected chi connectivity index (χ2v) is 4.73. The minimum absolute atomic E-state index is 0.140. The number of carbonyl (C=O) groups excluding carboxylic acids is 2. The quantitative estimate of drug-likeness (QED) is 0.583. The zero-order valence-electron chi connectivity index (χ0n) is 11.1. The van der Waals surface area contributed by atoms with Gasteiger partial charge in [-0.25, -0.2) is 4.79 Å². The van der Waals surface area contributed by atoms with Crippen molar-refractivity contribution in [3.8, 4) is 0 Å². The van der Waals surface area contributed by atoms with Gasteiger partial charge in [0.1, 0.15) is 6.04 Å². The van der Waals surface area contributed by atoms with Gasteiger partial charge in [0.2, 0.25) is 5.91 Å². The van der Waals surface area contributed by atoms with Crippen molar-refractivity contribution >= 4 is 17.8 Å². The predicted octanol–water partition coefficient (Wildman–Crippen LogP) is -0.493. The normalized spacial score (nSPS) is 24.3. The summed E-state index contributed by atoms with van der Waals surface area (Å²) < 4.78 is 4.41. The van der Waals surface area contributed by atoms with Crippen molar-refractivity contribution in [3.63, 3.8) is 0 Å². The average molecular weight is 272 g/mol. The van der Waals surface area contributed by atoms with Gasteiger partial charge in [-0.1, -0.05) is 6.92 Å². The second kappa shape index (κ2) is 7.08. The van der Waals surface area contributed by atoms with E-state index in [0.717, 1.165) is 19.4 Å². The first kappa shape index (κ1) is 15.4. The molecule has 0 aromatic rings. The highest BCUT2D eigenvalue weighted by Gasteiger charge is 2.31. The van der Waals surface area contributed by atoms with Crippen molar-refractivity contribution in [3.05, 3.63) is 0 Å². The van der Waals surface area contributed by atoms with Gasteiger partial charge in [-0.15, -0.1) is 0 Å². The average Bonchev–Trinajstić information content (AvgIpc) is 2.37. The zero-order chi connectivity index (χ0) is 14.4. The lowest BCUT2D eigenvalue weighted by Gasteiger charge is -2.29. The highest BCUT2D eigenvalue weighted by molar-refractivity contribution is 5.89. The lowest BCUT2D eigenvalue weighted by atomic mass is 9.92. The first-order valence-corrected chi connectivity index (χ1v) is 6.29. The predicted molar refractivity (Wildman–Crippen MR) is 66.4 cm³/mol. The fourth-order valence-electron chi connectivity index (χ4n) is 2.11. The van der Waals surface area contributed by atoms with Gasteiger partial charge in [0.05, 0.1) is 19.6 Å². The number of hydrogen-bond acceptors (Lipinski definition) is 5. The summed E-state index contributed by atoms with van der Waals surface area (Å²) in [6.07, 6.45) is 1.54. The van der Waals surface area contributed by atoms with Crippen LogP contribution in [-0.2, 0) is 19.1 Å². The highest BCUT2D eigenvalue weighted by Crippen LogP contribution is 2.15. The SMILES string of the molecule is COC(=O)C[C@H](NC(=O)C1NCCCC1C)C(=O)O. The molecule has 0 radical (unpaired) electrons. The Morgan fingerprint density at radius 1 is 1.47 bits per heavy atom. The van der Waals surface area contributed by atoms with Crippen LogP contribution in [0.25, 0.3) is 0 Å². The Morgan fingerprint density at radius 3 is 2.68 bits per heavy atom. The minimum Gasteiger partial charge on any atom is -0.480 e. The van der Waals surface area contributed by atoms with Gasteiger partial charge in [-0.05, 0) is 25.3 Å². The monoisotopic (exact) mass is 272 g/mol. The molecule has 3 atom stereocenters. The van der Waals surface area contributed by atoms with Crippen LogP contribution in [0.3, 0.4) is 0 Å². The third-order valence-electron chi connectivity index (χ3n) is 3.27. The molecule has 0 aromatic carbocycles. The molecule has 0 aromatic heterocycles. The van der Waals surface area contributed by atoms with Crippen LogP contribution in [0.5, 0.6) is 0 Å². The topological polar surface area (TPSA) is 105 Å². The Labute approximate surface area is 111 Å². The summed E-state index contributed by atoms with van der Waals surface area (Å²) in [4.78, 5) is 34.1. The first-order valence-electron chi connectivity index (χ1n) is 6.29. The van der Waals surface area contributed by atoms with Crippen LogP contribution in [0, 0.1) is 5.92 Å². The maximum absolute atomic E-state index is 12.0. The molecule has 19 heavy (non-hydrogen) atoms. The molecular weight excluding hydrogens is 252 g/mol. The number of ether oxygens (including phenoxy) is 1. The summed E-state index contributed by atoms with van der Waals surface area (Å²) in [6, 6.07) is -1.66.